The van der Waals surface area contributed by atoms with E-state index >= 15 is 0 Å². The summed E-state index contributed by atoms with van der Waals surface area (Å²) in [7, 11) is 0. The first kappa shape index (κ1) is 13.2. The molecule has 0 atom stereocenters. The molecule has 1 N–H and O–H groups in total. The highest BCUT2D eigenvalue weighted by atomic mass is 16.5. The summed E-state index contributed by atoms with van der Waals surface area (Å²) in [5, 5.41) is 8.32. The maximum absolute atomic E-state index is 10.9. The van der Waals surface area contributed by atoms with Crippen LogP contribution in [0.2, 0.25) is 0 Å². The molecule has 0 spiro atoms. The minimum Gasteiger partial charge on any atom is -0.462 e. The van der Waals surface area contributed by atoms with Gasteiger partial charge in [0.25, 0.3) is 0 Å². The Morgan fingerprint density at radius 3 is 2.20 bits per heavy atom. The largest absolute Gasteiger partial charge is 0.462 e. The summed E-state index contributed by atoms with van der Waals surface area (Å²) in [4.78, 5) is 21.6. The summed E-state index contributed by atoms with van der Waals surface area (Å²) < 4.78 is 9.06. The monoisotopic (exact) mass is 212 g/mol. The molecule has 0 saturated carbocycles. The van der Waals surface area contributed by atoms with Crippen molar-refractivity contribution in [2.45, 2.75) is 6.42 Å². The van der Waals surface area contributed by atoms with Gasteiger partial charge in [-0.1, -0.05) is 0 Å². The molecule has 0 aromatic carbocycles. The number of ether oxygens (including phenoxy) is 2. The van der Waals surface area contributed by atoms with Crippen LogP contribution < -0.4 is 0 Å². The third kappa shape index (κ3) is 8.53. The molecular weight excluding hydrogens is 200 g/mol. The highest BCUT2D eigenvalue weighted by Gasteiger charge is 1.99. The lowest BCUT2D eigenvalue weighted by atomic mass is 10.4. The van der Waals surface area contributed by atoms with Crippen LogP contribution in [0.1, 0.15) is 6.42 Å². The van der Waals surface area contributed by atoms with E-state index in [0.29, 0.717) is 6.42 Å². The fraction of sp³-hybridized carbons (Fsp3) is 0.400. The first-order valence-electron chi connectivity index (χ1n) is 4.26. The number of carbonyl (C=O) groups excluding carboxylic acids is 2. The van der Waals surface area contributed by atoms with Gasteiger partial charge >= 0.3 is 11.9 Å². The van der Waals surface area contributed by atoms with Gasteiger partial charge in [-0.3, -0.25) is 0 Å². The molecule has 0 saturated heterocycles. The fourth-order valence-electron chi connectivity index (χ4n) is 0.589. The number of terminal acetylenes is 1. The van der Waals surface area contributed by atoms with E-state index in [1.807, 2.05) is 0 Å². The van der Waals surface area contributed by atoms with E-state index in [1.165, 1.54) is 0 Å². The van der Waals surface area contributed by atoms with Crippen molar-refractivity contribution < 1.29 is 24.2 Å². The van der Waals surface area contributed by atoms with Crippen molar-refractivity contribution in [1.82, 2.24) is 0 Å². The van der Waals surface area contributed by atoms with Crippen molar-refractivity contribution in [2.24, 2.45) is 0 Å². The number of carbonyl (C=O) groups is 2. The van der Waals surface area contributed by atoms with E-state index in [2.05, 4.69) is 15.4 Å². The lowest BCUT2D eigenvalue weighted by molar-refractivity contribution is -0.140. The summed E-state index contributed by atoms with van der Waals surface area (Å²) in [6.45, 7) is -0.243. The van der Waals surface area contributed by atoms with E-state index < -0.39 is 11.9 Å². The summed E-state index contributed by atoms with van der Waals surface area (Å²) in [5.41, 5.74) is 0. The number of hydrogen-bond donors (Lipinski definition) is 1. The number of aliphatic hydroxyl groups is 1. The smallest absolute Gasteiger partial charge is 0.331 e. The summed E-state index contributed by atoms with van der Waals surface area (Å²) in [6.07, 6.45) is 7.13. The zero-order chi connectivity index (χ0) is 11.5. The van der Waals surface area contributed by atoms with Gasteiger partial charge in [0, 0.05) is 18.6 Å². The van der Waals surface area contributed by atoms with Crippen LogP contribution in [-0.4, -0.2) is 36.9 Å². The molecule has 15 heavy (non-hydrogen) atoms. The third-order valence-electron chi connectivity index (χ3n) is 1.18. The third-order valence-corrected chi connectivity index (χ3v) is 1.18. The number of aliphatic hydroxyl groups excluding tert-OH is 1. The molecule has 0 aliphatic carbocycles. The fourth-order valence-corrected chi connectivity index (χ4v) is 0.589. The van der Waals surface area contributed by atoms with Crippen LogP contribution in [0.25, 0.3) is 0 Å². The predicted molar refractivity (Wildman–Crippen MR) is 51.6 cm³/mol. The highest BCUT2D eigenvalue weighted by molar-refractivity contribution is 5.91. The van der Waals surface area contributed by atoms with Crippen LogP contribution in [-0.2, 0) is 19.1 Å². The van der Waals surface area contributed by atoms with Crippen LogP contribution in [0.5, 0.6) is 0 Å². The molecular formula is C10H12O5. The summed E-state index contributed by atoms with van der Waals surface area (Å²) >= 11 is 0. The molecule has 0 radical (unpaired) electrons. The van der Waals surface area contributed by atoms with Crippen LogP contribution in [0.15, 0.2) is 12.2 Å². The van der Waals surface area contributed by atoms with Crippen molar-refractivity contribution >= 4 is 11.9 Å². The Balaban J connectivity index is 3.70. The molecule has 5 nitrogen and oxygen atoms in total. The quantitative estimate of drug-likeness (QED) is 0.282. The molecule has 0 heterocycles. The van der Waals surface area contributed by atoms with Gasteiger partial charge in [-0.25, -0.2) is 9.59 Å². The number of hydrogen-bond acceptors (Lipinski definition) is 5. The predicted octanol–water partition coefficient (Wildman–Crippen LogP) is -0.355. The Labute approximate surface area is 87.7 Å². The average molecular weight is 212 g/mol. The molecule has 0 aromatic rings. The Morgan fingerprint density at radius 2 is 1.73 bits per heavy atom. The second-order valence-electron chi connectivity index (χ2n) is 2.35. The topological polar surface area (TPSA) is 72.8 Å². The molecule has 0 aliphatic rings. The van der Waals surface area contributed by atoms with Gasteiger partial charge in [0.15, 0.2) is 0 Å². The van der Waals surface area contributed by atoms with Gasteiger partial charge < -0.3 is 14.6 Å². The van der Waals surface area contributed by atoms with Crippen LogP contribution in [0.4, 0.5) is 0 Å². The molecule has 0 unspecified atom stereocenters. The van der Waals surface area contributed by atoms with Crippen molar-refractivity contribution in [3.05, 3.63) is 12.2 Å². The van der Waals surface area contributed by atoms with E-state index in [1.54, 1.807) is 0 Å². The van der Waals surface area contributed by atoms with E-state index in [4.69, 9.17) is 11.5 Å². The molecule has 0 amide bonds. The Morgan fingerprint density at radius 1 is 1.20 bits per heavy atom. The van der Waals surface area contributed by atoms with Gasteiger partial charge in [-0.05, 0) is 0 Å². The zero-order valence-electron chi connectivity index (χ0n) is 8.14. The van der Waals surface area contributed by atoms with Gasteiger partial charge in [0.2, 0.25) is 0 Å². The first-order chi connectivity index (χ1) is 7.20. The minimum atomic E-state index is -0.710. The average Bonchev–Trinajstić information content (AvgIpc) is 2.24. The van der Waals surface area contributed by atoms with Crippen molar-refractivity contribution in [3.63, 3.8) is 0 Å². The Hall–Kier alpha value is -1.80. The Kier molecular flexibility index (Phi) is 7.73. The number of esters is 2. The molecule has 0 aliphatic heterocycles. The van der Waals surface area contributed by atoms with Crippen molar-refractivity contribution in [2.75, 3.05) is 19.8 Å². The second kappa shape index (κ2) is 8.78. The van der Waals surface area contributed by atoms with Crippen LogP contribution >= 0.6 is 0 Å². The van der Waals surface area contributed by atoms with Gasteiger partial charge in [0.1, 0.15) is 13.2 Å². The van der Waals surface area contributed by atoms with E-state index in [9.17, 15) is 9.59 Å². The Bertz CT molecular complexity index is 274. The SMILES string of the molecule is C#CCCOC(=O)C=CC(=O)OCCO. The molecule has 0 rings (SSSR count). The molecule has 0 fully saturated rings. The highest BCUT2D eigenvalue weighted by Crippen LogP contribution is 1.87. The lowest BCUT2D eigenvalue weighted by Gasteiger charge is -1.98. The number of rotatable bonds is 6. The molecule has 0 bridgehead atoms. The van der Waals surface area contributed by atoms with Gasteiger partial charge in [-0.15, -0.1) is 12.3 Å². The zero-order valence-corrected chi connectivity index (χ0v) is 8.14. The maximum atomic E-state index is 10.9. The summed E-state index contributed by atoms with van der Waals surface area (Å²) in [6, 6.07) is 0. The maximum Gasteiger partial charge on any atom is 0.331 e. The van der Waals surface area contributed by atoms with Gasteiger partial charge in [0.05, 0.1) is 6.61 Å². The van der Waals surface area contributed by atoms with Crippen molar-refractivity contribution in [1.29, 1.82) is 0 Å². The normalized spacial score (nSPS) is 9.60. The van der Waals surface area contributed by atoms with Crippen molar-refractivity contribution in [3.8, 4) is 12.3 Å². The van der Waals surface area contributed by atoms with E-state index in [0.717, 1.165) is 12.2 Å². The first-order valence-corrected chi connectivity index (χ1v) is 4.26. The molecule has 0 aromatic heterocycles. The van der Waals surface area contributed by atoms with Crippen LogP contribution in [0, 0.1) is 12.3 Å². The minimum absolute atomic E-state index is 0.102. The molecule has 82 valence electrons. The van der Waals surface area contributed by atoms with E-state index in [-0.39, 0.29) is 19.8 Å². The lowest BCUT2D eigenvalue weighted by Crippen LogP contribution is -2.07. The second-order valence-corrected chi connectivity index (χ2v) is 2.35. The summed E-state index contributed by atoms with van der Waals surface area (Å²) in [5.74, 6) is 0.924. The molecule has 5 heteroatoms. The standard InChI is InChI=1S/C10H12O5/c1-2-3-7-14-9(12)4-5-10(13)15-8-6-11/h1,4-5,11H,3,6-8H2. The van der Waals surface area contributed by atoms with Crippen LogP contribution in [0.3, 0.4) is 0 Å². The van der Waals surface area contributed by atoms with Gasteiger partial charge in [-0.2, -0.15) is 0 Å².